The third-order valence-electron chi connectivity index (χ3n) is 6.91. The predicted molar refractivity (Wildman–Crippen MR) is 112 cm³/mol. The summed E-state index contributed by atoms with van der Waals surface area (Å²) in [6.07, 6.45) is 9.19. The smallest absolute Gasteiger partial charge is 0.325 e. The average molecular weight is 416 g/mol. The molecule has 4 amide bonds. The Morgan fingerprint density at radius 3 is 2.70 bits per heavy atom. The first-order chi connectivity index (χ1) is 14.5. The Morgan fingerprint density at radius 1 is 1.17 bits per heavy atom. The van der Waals surface area contributed by atoms with E-state index in [-0.39, 0.29) is 23.9 Å². The van der Waals surface area contributed by atoms with Crippen molar-refractivity contribution in [2.45, 2.75) is 89.1 Å². The summed E-state index contributed by atoms with van der Waals surface area (Å²) in [6.45, 7) is 3.10. The molecule has 7 nitrogen and oxygen atoms in total. The van der Waals surface area contributed by atoms with Crippen molar-refractivity contribution in [3.63, 3.8) is 0 Å². The number of likely N-dealkylation sites (tertiary alicyclic amines) is 1. The highest BCUT2D eigenvalue weighted by atomic mass is 16.3. The Kier molecular flexibility index (Phi) is 6.16. The van der Waals surface area contributed by atoms with Gasteiger partial charge in [-0.05, 0) is 44.2 Å². The monoisotopic (exact) mass is 415 g/mol. The van der Waals surface area contributed by atoms with E-state index in [2.05, 4.69) is 12.2 Å². The van der Waals surface area contributed by atoms with Crippen LogP contribution in [0.15, 0.2) is 16.5 Å². The minimum absolute atomic E-state index is 0.0150. The van der Waals surface area contributed by atoms with Crippen molar-refractivity contribution in [1.82, 2.24) is 15.1 Å². The lowest BCUT2D eigenvalue weighted by molar-refractivity contribution is -0.135. The summed E-state index contributed by atoms with van der Waals surface area (Å²) < 4.78 is 5.98. The number of imide groups is 1. The molecule has 0 aromatic carbocycles. The van der Waals surface area contributed by atoms with Crippen LogP contribution in [0.5, 0.6) is 0 Å². The van der Waals surface area contributed by atoms with Crippen LogP contribution in [0.3, 0.4) is 0 Å². The first kappa shape index (κ1) is 20.9. The van der Waals surface area contributed by atoms with Gasteiger partial charge in [-0.25, -0.2) is 4.79 Å². The largest absolute Gasteiger partial charge is 0.464 e. The zero-order valence-electron chi connectivity index (χ0n) is 18.0. The summed E-state index contributed by atoms with van der Waals surface area (Å²) in [4.78, 5) is 41.4. The Morgan fingerprint density at radius 2 is 1.97 bits per heavy atom. The zero-order valence-corrected chi connectivity index (χ0v) is 18.0. The maximum absolute atomic E-state index is 13.1. The molecule has 7 heteroatoms. The number of nitrogens with one attached hydrogen (secondary N) is 1. The van der Waals surface area contributed by atoms with E-state index in [9.17, 15) is 14.4 Å². The van der Waals surface area contributed by atoms with Crippen LogP contribution in [0.2, 0.25) is 0 Å². The van der Waals surface area contributed by atoms with Crippen LogP contribution in [0.25, 0.3) is 0 Å². The minimum atomic E-state index is -0.673. The fraction of sp³-hybridized carbons (Fsp3) is 0.696. The Bertz CT molecular complexity index is 796. The van der Waals surface area contributed by atoms with Crippen molar-refractivity contribution in [3.8, 4) is 0 Å². The van der Waals surface area contributed by atoms with Gasteiger partial charge in [0, 0.05) is 25.9 Å². The molecule has 0 bridgehead atoms. The highest BCUT2D eigenvalue weighted by Crippen LogP contribution is 2.35. The number of amides is 4. The molecule has 30 heavy (non-hydrogen) atoms. The van der Waals surface area contributed by atoms with Crippen LogP contribution in [0.1, 0.15) is 88.7 Å². The fourth-order valence-electron chi connectivity index (χ4n) is 5.19. The topological polar surface area (TPSA) is 82.9 Å². The molecule has 0 radical (unpaired) electrons. The van der Waals surface area contributed by atoms with Gasteiger partial charge >= 0.3 is 6.03 Å². The molecule has 2 aliphatic heterocycles. The average Bonchev–Trinajstić information content (AvgIpc) is 3.40. The maximum Gasteiger partial charge on any atom is 0.325 e. The molecule has 3 fully saturated rings. The van der Waals surface area contributed by atoms with Crippen LogP contribution in [-0.4, -0.2) is 46.3 Å². The third-order valence-corrected chi connectivity index (χ3v) is 6.91. The predicted octanol–water partition coefficient (Wildman–Crippen LogP) is 3.93. The summed E-state index contributed by atoms with van der Waals surface area (Å²) in [5.74, 6) is 1.80. The molecule has 1 aromatic heterocycles. The molecule has 3 heterocycles. The minimum Gasteiger partial charge on any atom is -0.464 e. The fourth-order valence-corrected chi connectivity index (χ4v) is 5.19. The summed E-state index contributed by atoms with van der Waals surface area (Å²) in [7, 11) is 0. The van der Waals surface area contributed by atoms with Crippen LogP contribution in [0.4, 0.5) is 4.79 Å². The molecular weight excluding hydrogens is 382 g/mol. The lowest BCUT2D eigenvalue weighted by Crippen LogP contribution is -2.44. The van der Waals surface area contributed by atoms with Crippen LogP contribution in [0, 0.1) is 0 Å². The standard InChI is InChI=1S/C23H33N3O4/c1-2-17-11-12-19(30-17)18-9-4-3-7-15-25(18)20(27)10-8-16-26-21(28)23(24-22(26)29)13-5-6-14-23/h11-12,18H,2-10,13-16H2,1H3,(H,24,29). The molecule has 4 rings (SSSR count). The van der Waals surface area contributed by atoms with E-state index in [1.54, 1.807) is 0 Å². The normalized spacial score (nSPS) is 23.8. The molecule has 1 spiro atoms. The number of hydrogen-bond acceptors (Lipinski definition) is 4. The number of urea groups is 1. The van der Waals surface area contributed by atoms with Gasteiger partial charge in [0.05, 0.1) is 6.04 Å². The van der Waals surface area contributed by atoms with Crippen molar-refractivity contribution in [2.24, 2.45) is 0 Å². The van der Waals surface area contributed by atoms with E-state index < -0.39 is 5.54 Å². The van der Waals surface area contributed by atoms with Gasteiger partial charge in [-0.2, -0.15) is 0 Å². The second kappa shape index (κ2) is 8.82. The molecule has 3 aliphatic rings. The van der Waals surface area contributed by atoms with Crippen molar-refractivity contribution in [3.05, 3.63) is 23.7 Å². The van der Waals surface area contributed by atoms with Crippen LogP contribution >= 0.6 is 0 Å². The van der Waals surface area contributed by atoms with Gasteiger partial charge in [0.1, 0.15) is 17.1 Å². The van der Waals surface area contributed by atoms with E-state index in [4.69, 9.17) is 4.42 Å². The summed E-state index contributed by atoms with van der Waals surface area (Å²) in [5, 5.41) is 2.90. The van der Waals surface area contributed by atoms with Crippen molar-refractivity contribution >= 4 is 17.8 Å². The number of hydrogen-bond donors (Lipinski definition) is 1. The van der Waals surface area contributed by atoms with Crippen molar-refractivity contribution < 1.29 is 18.8 Å². The third kappa shape index (κ3) is 3.98. The lowest BCUT2D eigenvalue weighted by atomic mass is 9.98. The SMILES string of the molecule is CCc1ccc(C2CCCCCN2C(=O)CCCN2C(=O)NC3(CCCC3)C2=O)o1. The van der Waals surface area contributed by atoms with E-state index in [0.29, 0.717) is 19.4 Å². The van der Waals surface area contributed by atoms with Gasteiger partial charge in [-0.15, -0.1) is 0 Å². The number of carbonyl (C=O) groups is 3. The summed E-state index contributed by atoms with van der Waals surface area (Å²) in [5.41, 5.74) is -0.673. The quantitative estimate of drug-likeness (QED) is 0.714. The first-order valence-corrected chi connectivity index (χ1v) is 11.6. The van der Waals surface area contributed by atoms with E-state index in [1.807, 2.05) is 17.0 Å². The van der Waals surface area contributed by atoms with Crippen molar-refractivity contribution in [1.29, 1.82) is 0 Å². The van der Waals surface area contributed by atoms with Crippen LogP contribution in [-0.2, 0) is 16.0 Å². The number of rotatable bonds is 6. The van der Waals surface area contributed by atoms with Gasteiger partial charge in [0.2, 0.25) is 5.91 Å². The van der Waals surface area contributed by atoms with Crippen LogP contribution < -0.4 is 5.32 Å². The molecule has 1 aromatic rings. The second-order valence-corrected chi connectivity index (χ2v) is 8.89. The van der Waals surface area contributed by atoms with E-state index in [0.717, 1.165) is 75.9 Å². The first-order valence-electron chi connectivity index (χ1n) is 11.6. The number of nitrogens with zero attached hydrogens (tertiary/aromatic N) is 2. The van der Waals surface area contributed by atoms with Crippen molar-refractivity contribution in [2.75, 3.05) is 13.1 Å². The Labute approximate surface area is 178 Å². The number of aryl methyl sites for hydroxylation is 1. The zero-order chi connectivity index (χ0) is 21.1. The Hall–Kier alpha value is -2.31. The number of furan rings is 1. The molecule has 1 N–H and O–H groups in total. The molecule has 1 saturated carbocycles. The van der Waals surface area contributed by atoms with Gasteiger partial charge in [0.25, 0.3) is 5.91 Å². The van der Waals surface area contributed by atoms with Gasteiger partial charge in [-0.3, -0.25) is 14.5 Å². The summed E-state index contributed by atoms with van der Waals surface area (Å²) >= 11 is 0. The number of carbonyl (C=O) groups excluding carboxylic acids is 3. The summed E-state index contributed by atoms with van der Waals surface area (Å²) in [6, 6.07) is 3.69. The van der Waals surface area contributed by atoms with E-state index >= 15 is 0 Å². The maximum atomic E-state index is 13.1. The molecule has 1 unspecified atom stereocenters. The molecule has 1 atom stereocenters. The lowest BCUT2D eigenvalue weighted by Gasteiger charge is -2.29. The molecule has 2 saturated heterocycles. The Balaban J connectivity index is 1.36. The molecular formula is C23H33N3O4. The highest BCUT2D eigenvalue weighted by Gasteiger charge is 2.52. The van der Waals surface area contributed by atoms with Gasteiger partial charge in [0.15, 0.2) is 0 Å². The molecule has 164 valence electrons. The van der Waals surface area contributed by atoms with Gasteiger partial charge < -0.3 is 14.6 Å². The molecule has 1 aliphatic carbocycles. The highest BCUT2D eigenvalue weighted by molar-refractivity contribution is 6.07. The second-order valence-electron chi connectivity index (χ2n) is 8.89. The van der Waals surface area contributed by atoms with E-state index in [1.165, 1.54) is 4.90 Å². The van der Waals surface area contributed by atoms with Gasteiger partial charge in [-0.1, -0.05) is 32.6 Å².